The van der Waals surface area contributed by atoms with Crippen molar-refractivity contribution >= 4 is 11.6 Å². The van der Waals surface area contributed by atoms with E-state index in [1.54, 1.807) is 4.90 Å². The minimum absolute atomic E-state index is 0.0595. The zero-order valence-electron chi connectivity index (χ0n) is 10.6. The molecular formula is C15H18N2O. The van der Waals surface area contributed by atoms with Gasteiger partial charge in [-0.25, -0.2) is 0 Å². The second-order valence-corrected chi connectivity index (χ2v) is 4.41. The normalized spacial score (nSPS) is 17.2. The van der Waals surface area contributed by atoms with Crippen LogP contribution in [0.5, 0.6) is 0 Å². The quantitative estimate of drug-likeness (QED) is 0.823. The number of rotatable bonds is 3. The van der Waals surface area contributed by atoms with Crippen LogP contribution in [0.25, 0.3) is 0 Å². The molecule has 0 aromatic heterocycles. The van der Waals surface area contributed by atoms with Gasteiger partial charge < -0.3 is 10.2 Å². The van der Waals surface area contributed by atoms with Crippen LogP contribution in [-0.4, -0.2) is 30.4 Å². The zero-order valence-corrected chi connectivity index (χ0v) is 10.6. The van der Waals surface area contributed by atoms with Crippen LogP contribution in [0.4, 0.5) is 5.69 Å². The van der Waals surface area contributed by atoms with Gasteiger partial charge in [-0.15, -0.1) is 6.42 Å². The Morgan fingerprint density at radius 2 is 2.33 bits per heavy atom. The Morgan fingerprint density at radius 1 is 1.56 bits per heavy atom. The number of carbonyl (C=O) groups is 1. The number of hydrogen-bond donors (Lipinski definition) is 1. The van der Waals surface area contributed by atoms with E-state index in [9.17, 15) is 4.79 Å². The second kappa shape index (κ2) is 5.59. The summed E-state index contributed by atoms with van der Waals surface area (Å²) in [5.41, 5.74) is 2.16. The lowest BCUT2D eigenvalue weighted by Gasteiger charge is -2.30. The molecule has 1 unspecified atom stereocenters. The summed E-state index contributed by atoms with van der Waals surface area (Å²) in [6, 6.07) is 8.00. The molecule has 1 aromatic carbocycles. The maximum atomic E-state index is 12.5. The van der Waals surface area contributed by atoms with Gasteiger partial charge in [0.25, 0.3) is 0 Å². The number of para-hydroxylation sites is 1. The van der Waals surface area contributed by atoms with Crippen LogP contribution in [0.1, 0.15) is 24.8 Å². The van der Waals surface area contributed by atoms with Gasteiger partial charge in [-0.3, -0.25) is 4.79 Å². The summed E-state index contributed by atoms with van der Waals surface area (Å²) in [6.07, 6.45) is 6.14. The Labute approximate surface area is 108 Å². The summed E-state index contributed by atoms with van der Waals surface area (Å²) >= 11 is 0. The third-order valence-corrected chi connectivity index (χ3v) is 3.36. The molecule has 0 fully saturated rings. The van der Waals surface area contributed by atoms with Crippen LogP contribution in [0.15, 0.2) is 24.3 Å². The average Bonchev–Trinajstić information content (AvgIpc) is 2.43. The van der Waals surface area contributed by atoms with Crippen molar-refractivity contribution in [1.29, 1.82) is 0 Å². The number of carbonyl (C=O) groups excluding carboxylic acids is 1. The highest BCUT2D eigenvalue weighted by Gasteiger charge is 2.28. The largest absolute Gasteiger partial charge is 0.385 e. The van der Waals surface area contributed by atoms with Gasteiger partial charge >= 0.3 is 0 Å². The van der Waals surface area contributed by atoms with Gasteiger partial charge in [0.1, 0.15) is 0 Å². The van der Waals surface area contributed by atoms with Gasteiger partial charge in [-0.1, -0.05) is 24.1 Å². The van der Waals surface area contributed by atoms with E-state index < -0.39 is 0 Å². The molecule has 94 valence electrons. The molecule has 3 heteroatoms. The molecule has 1 N–H and O–H groups in total. The van der Waals surface area contributed by atoms with E-state index in [1.165, 1.54) is 0 Å². The van der Waals surface area contributed by atoms with Gasteiger partial charge in [0.15, 0.2) is 0 Å². The van der Waals surface area contributed by atoms with Crippen molar-refractivity contribution in [3.8, 4) is 12.3 Å². The first kappa shape index (κ1) is 12.5. The molecule has 1 amide bonds. The highest BCUT2D eigenvalue weighted by Crippen LogP contribution is 2.32. The number of hydrogen-bond acceptors (Lipinski definition) is 2. The molecule has 0 saturated heterocycles. The maximum Gasteiger partial charge on any atom is 0.231 e. The number of benzene rings is 1. The lowest BCUT2D eigenvalue weighted by Crippen LogP contribution is -2.37. The molecule has 1 heterocycles. The molecule has 1 aliphatic rings. The highest BCUT2D eigenvalue weighted by molar-refractivity contribution is 5.86. The molecule has 18 heavy (non-hydrogen) atoms. The number of anilines is 1. The Bertz CT molecular complexity index is 476. The predicted molar refractivity (Wildman–Crippen MR) is 73.4 cm³/mol. The zero-order chi connectivity index (χ0) is 13.0. The smallest absolute Gasteiger partial charge is 0.231 e. The summed E-state index contributed by atoms with van der Waals surface area (Å²) in [6.45, 7) is 3.85. The fourth-order valence-electron chi connectivity index (χ4n) is 2.40. The number of terminal acetylenes is 1. The fraction of sp³-hybridized carbons (Fsp3) is 0.400. The van der Waals surface area contributed by atoms with Crippen LogP contribution in [-0.2, 0) is 4.79 Å². The van der Waals surface area contributed by atoms with Gasteiger partial charge in [0, 0.05) is 18.8 Å². The Hall–Kier alpha value is -1.95. The molecule has 3 nitrogen and oxygen atoms in total. The molecule has 0 radical (unpaired) electrons. The third kappa shape index (κ3) is 2.33. The fourth-order valence-corrected chi connectivity index (χ4v) is 2.40. The van der Waals surface area contributed by atoms with Crippen molar-refractivity contribution in [2.45, 2.75) is 19.3 Å². The van der Waals surface area contributed by atoms with E-state index in [-0.39, 0.29) is 11.8 Å². The van der Waals surface area contributed by atoms with E-state index in [1.807, 2.05) is 31.2 Å². The van der Waals surface area contributed by atoms with Gasteiger partial charge in [0.05, 0.1) is 12.5 Å². The van der Waals surface area contributed by atoms with Crippen LogP contribution in [0.3, 0.4) is 0 Å². The predicted octanol–water partition coefficient (Wildman–Crippen LogP) is 2.07. The van der Waals surface area contributed by atoms with E-state index in [4.69, 9.17) is 6.42 Å². The number of likely N-dealkylation sites (N-methyl/N-ethyl adjacent to an activating group) is 1. The Kier molecular flexibility index (Phi) is 3.88. The van der Waals surface area contributed by atoms with E-state index in [0.29, 0.717) is 13.1 Å². The van der Waals surface area contributed by atoms with Gasteiger partial charge in [-0.2, -0.15) is 0 Å². The van der Waals surface area contributed by atoms with Crippen molar-refractivity contribution in [3.63, 3.8) is 0 Å². The average molecular weight is 242 g/mol. The highest BCUT2D eigenvalue weighted by atomic mass is 16.2. The maximum absolute atomic E-state index is 12.5. The summed E-state index contributed by atoms with van der Waals surface area (Å²) in [5, 5.41) is 3.33. The first-order valence-electron chi connectivity index (χ1n) is 6.33. The first-order chi connectivity index (χ1) is 8.77. The number of fused-ring (bicyclic) bond motifs is 1. The molecule has 1 aliphatic heterocycles. The first-order valence-corrected chi connectivity index (χ1v) is 6.33. The van der Waals surface area contributed by atoms with Crippen molar-refractivity contribution in [2.75, 3.05) is 25.0 Å². The lowest BCUT2D eigenvalue weighted by atomic mass is 9.90. The van der Waals surface area contributed by atoms with Crippen LogP contribution < -0.4 is 5.32 Å². The van der Waals surface area contributed by atoms with Gasteiger partial charge in [-0.05, 0) is 25.0 Å². The van der Waals surface area contributed by atoms with E-state index >= 15 is 0 Å². The molecular weight excluding hydrogens is 224 g/mol. The van der Waals surface area contributed by atoms with Crippen molar-refractivity contribution in [2.24, 2.45) is 0 Å². The van der Waals surface area contributed by atoms with Crippen LogP contribution >= 0.6 is 0 Å². The molecule has 1 atom stereocenters. The minimum Gasteiger partial charge on any atom is -0.385 e. The molecule has 0 aliphatic carbocycles. The molecule has 0 saturated carbocycles. The lowest BCUT2D eigenvalue weighted by molar-refractivity contribution is -0.132. The summed E-state index contributed by atoms with van der Waals surface area (Å²) < 4.78 is 0. The number of amides is 1. The minimum atomic E-state index is -0.0595. The van der Waals surface area contributed by atoms with Crippen molar-refractivity contribution < 1.29 is 4.79 Å². The monoisotopic (exact) mass is 242 g/mol. The standard InChI is InChI=1S/C15H18N2O/c1-3-11-17(4-2)15(18)13-9-10-16-14-8-6-5-7-12(13)14/h1,5-8,13,16H,4,9-11H2,2H3. The van der Waals surface area contributed by atoms with E-state index in [2.05, 4.69) is 11.2 Å². The van der Waals surface area contributed by atoms with Gasteiger partial charge in [0.2, 0.25) is 5.91 Å². The van der Waals surface area contributed by atoms with Crippen molar-refractivity contribution in [1.82, 2.24) is 4.90 Å². The topological polar surface area (TPSA) is 32.3 Å². The third-order valence-electron chi connectivity index (χ3n) is 3.36. The summed E-state index contributed by atoms with van der Waals surface area (Å²) in [7, 11) is 0. The second-order valence-electron chi connectivity index (χ2n) is 4.41. The molecule has 2 rings (SSSR count). The van der Waals surface area contributed by atoms with Crippen molar-refractivity contribution in [3.05, 3.63) is 29.8 Å². The molecule has 0 spiro atoms. The Balaban J connectivity index is 2.25. The number of nitrogens with one attached hydrogen (secondary N) is 1. The number of nitrogens with zero attached hydrogens (tertiary/aromatic N) is 1. The SMILES string of the molecule is C#CCN(CC)C(=O)C1CCNc2ccccc21. The molecule has 0 bridgehead atoms. The molecule has 1 aromatic rings. The summed E-state index contributed by atoms with van der Waals surface area (Å²) in [5.74, 6) is 2.64. The van der Waals surface area contributed by atoms with Crippen LogP contribution in [0.2, 0.25) is 0 Å². The Morgan fingerprint density at radius 3 is 3.06 bits per heavy atom. The van der Waals surface area contributed by atoms with Crippen LogP contribution in [0, 0.1) is 12.3 Å². The van der Waals surface area contributed by atoms with E-state index in [0.717, 1.165) is 24.2 Å². The summed E-state index contributed by atoms with van der Waals surface area (Å²) in [4.78, 5) is 14.2.